The lowest BCUT2D eigenvalue weighted by Crippen LogP contribution is -2.31. The number of carbonyl (C=O) groups excluding carboxylic acids is 3. The van der Waals surface area contributed by atoms with Gasteiger partial charge in [0, 0.05) is 5.02 Å². The molecule has 0 radical (unpaired) electrons. The molecule has 8 heteroatoms. The highest BCUT2D eigenvalue weighted by Crippen LogP contribution is 2.24. The summed E-state index contributed by atoms with van der Waals surface area (Å²) in [5.41, 5.74) is 1.16. The lowest BCUT2D eigenvalue weighted by Gasteiger charge is -2.17. The number of anilines is 1. The van der Waals surface area contributed by atoms with Crippen molar-refractivity contribution in [3.05, 3.63) is 58.1 Å². The molecule has 1 N–H and O–H groups in total. The van der Waals surface area contributed by atoms with Crippen LogP contribution in [0.5, 0.6) is 5.75 Å². The first-order valence-corrected chi connectivity index (χ1v) is 8.69. The Morgan fingerprint density at radius 3 is 2.29 bits per heavy atom. The molecule has 28 heavy (non-hydrogen) atoms. The molecule has 0 fully saturated rings. The highest BCUT2D eigenvalue weighted by atomic mass is 35.5. The molecule has 0 bridgehead atoms. The van der Waals surface area contributed by atoms with E-state index in [2.05, 4.69) is 10.1 Å². The maximum absolute atomic E-state index is 12.6. The summed E-state index contributed by atoms with van der Waals surface area (Å²) < 4.78 is 15.1. The second-order valence-electron chi connectivity index (χ2n) is 5.90. The molecule has 1 amide bonds. The molecular formula is C20H20ClNO6. The maximum Gasteiger partial charge on any atom is 0.339 e. The fraction of sp³-hybridized carbons (Fsp3) is 0.250. The van der Waals surface area contributed by atoms with Gasteiger partial charge in [0.1, 0.15) is 5.75 Å². The lowest BCUT2D eigenvalue weighted by atomic mass is 10.1. The Balaban J connectivity index is 2.25. The molecule has 2 aromatic rings. The first-order valence-electron chi connectivity index (χ1n) is 8.31. The van der Waals surface area contributed by atoms with Crippen LogP contribution in [0.25, 0.3) is 0 Å². The van der Waals surface area contributed by atoms with Crippen LogP contribution in [0.15, 0.2) is 36.4 Å². The van der Waals surface area contributed by atoms with Crippen LogP contribution in [-0.2, 0) is 14.3 Å². The van der Waals surface area contributed by atoms with Crippen molar-refractivity contribution < 1.29 is 28.6 Å². The quantitative estimate of drug-likeness (QED) is 0.738. The van der Waals surface area contributed by atoms with Crippen LogP contribution < -0.4 is 10.1 Å². The standard InChI is InChI=1S/C20H20ClNO6/c1-11-9-14(21)6-8-17(11)28-12(2)18(23)22-16-10-13(19(24)26-3)5-7-15(16)20(25)27-4/h5-10,12H,1-4H3,(H,22,23)/t12-/m0/s1. The minimum atomic E-state index is -0.882. The number of hydrogen-bond acceptors (Lipinski definition) is 6. The van der Waals surface area contributed by atoms with Crippen LogP contribution in [0.2, 0.25) is 5.02 Å². The smallest absolute Gasteiger partial charge is 0.339 e. The van der Waals surface area contributed by atoms with Crippen LogP contribution in [0, 0.1) is 6.92 Å². The molecule has 148 valence electrons. The van der Waals surface area contributed by atoms with E-state index in [1.54, 1.807) is 32.0 Å². The molecule has 0 aliphatic carbocycles. The fourth-order valence-corrected chi connectivity index (χ4v) is 2.63. The van der Waals surface area contributed by atoms with E-state index in [0.29, 0.717) is 10.8 Å². The molecule has 2 rings (SSSR count). The lowest BCUT2D eigenvalue weighted by molar-refractivity contribution is -0.122. The van der Waals surface area contributed by atoms with E-state index < -0.39 is 23.9 Å². The Morgan fingerprint density at radius 2 is 1.68 bits per heavy atom. The number of rotatable bonds is 6. The van der Waals surface area contributed by atoms with Gasteiger partial charge in [-0.2, -0.15) is 0 Å². The van der Waals surface area contributed by atoms with Crippen LogP contribution in [0.4, 0.5) is 5.69 Å². The van der Waals surface area contributed by atoms with Crippen molar-refractivity contribution in [3.8, 4) is 5.75 Å². The van der Waals surface area contributed by atoms with E-state index in [0.717, 1.165) is 5.56 Å². The van der Waals surface area contributed by atoms with Gasteiger partial charge >= 0.3 is 11.9 Å². The monoisotopic (exact) mass is 405 g/mol. The van der Waals surface area contributed by atoms with Crippen LogP contribution in [-0.4, -0.2) is 38.2 Å². The zero-order chi connectivity index (χ0) is 20.8. The first-order chi connectivity index (χ1) is 13.3. The van der Waals surface area contributed by atoms with Crippen molar-refractivity contribution in [3.63, 3.8) is 0 Å². The van der Waals surface area contributed by atoms with Crippen molar-refractivity contribution in [2.24, 2.45) is 0 Å². The normalized spacial score (nSPS) is 11.3. The first kappa shape index (κ1) is 21.2. The average Bonchev–Trinajstić information content (AvgIpc) is 2.68. The third-order valence-corrected chi connectivity index (χ3v) is 4.15. The van der Waals surface area contributed by atoms with E-state index in [9.17, 15) is 14.4 Å². The molecule has 7 nitrogen and oxygen atoms in total. The molecule has 1 atom stereocenters. The molecule has 0 unspecified atom stereocenters. The molecule has 0 saturated carbocycles. The number of methoxy groups -OCH3 is 2. The molecule has 0 aromatic heterocycles. The number of ether oxygens (including phenoxy) is 3. The molecular weight excluding hydrogens is 386 g/mol. The minimum absolute atomic E-state index is 0.0957. The van der Waals surface area contributed by atoms with Gasteiger partial charge < -0.3 is 19.5 Å². The number of halogens is 1. The second kappa shape index (κ2) is 9.23. The predicted octanol–water partition coefficient (Wildman–Crippen LogP) is 3.63. The van der Waals surface area contributed by atoms with Crippen molar-refractivity contribution in [2.75, 3.05) is 19.5 Å². The van der Waals surface area contributed by atoms with Crippen LogP contribution in [0.1, 0.15) is 33.2 Å². The molecule has 0 spiro atoms. The van der Waals surface area contributed by atoms with Crippen LogP contribution >= 0.6 is 11.6 Å². The van der Waals surface area contributed by atoms with Crippen molar-refractivity contribution in [1.29, 1.82) is 0 Å². The Labute approximate surface area is 167 Å². The van der Waals surface area contributed by atoms with Gasteiger partial charge in [-0.3, -0.25) is 4.79 Å². The van der Waals surface area contributed by atoms with Gasteiger partial charge in [0.05, 0.1) is 31.0 Å². The number of carbonyl (C=O) groups is 3. The van der Waals surface area contributed by atoms with Crippen molar-refractivity contribution in [2.45, 2.75) is 20.0 Å². The molecule has 2 aromatic carbocycles. The molecule has 0 aliphatic heterocycles. The number of aryl methyl sites for hydroxylation is 1. The van der Waals surface area contributed by atoms with E-state index in [4.69, 9.17) is 21.1 Å². The van der Waals surface area contributed by atoms with Crippen molar-refractivity contribution in [1.82, 2.24) is 0 Å². The summed E-state index contributed by atoms with van der Waals surface area (Å²) in [7, 11) is 2.45. The average molecular weight is 406 g/mol. The van der Waals surface area contributed by atoms with Gasteiger partial charge in [0.2, 0.25) is 0 Å². The third kappa shape index (κ3) is 5.01. The fourth-order valence-electron chi connectivity index (χ4n) is 2.40. The Hall–Kier alpha value is -3.06. The third-order valence-electron chi connectivity index (χ3n) is 3.91. The highest BCUT2D eigenvalue weighted by molar-refractivity contribution is 6.30. The van der Waals surface area contributed by atoms with Crippen molar-refractivity contribution >= 4 is 35.1 Å². The summed E-state index contributed by atoms with van der Waals surface area (Å²) in [6.45, 7) is 3.37. The Bertz CT molecular complexity index is 912. The maximum atomic E-state index is 12.6. The van der Waals surface area contributed by atoms with Gasteiger partial charge in [0.25, 0.3) is 5.91 Å². The minimum Gasteiger partial charge on any atom is -0.481 e. The predicted molar refractivity (Wildman–Crippen MR) is 104 cm³/mol. The number of benzene rings is 2. The Kier molecular flexibility index (Phi) is 7.00. The number of nitrogens with one attached hydrogen (secondary N) is 1. The van der Waals surface area contributed by atoms with E-state index in [1.165, 1.54) is 32.4 Å². The van der Waals surface area contributed by atoms with Gasteiger partial charge in [-0.1, -0.05) is 11.6 Å². The summed E-state index contributed by atoms with van der Waals surface area (Å²) in [5.74, 6) is -1.27. The SMILES string of the molecule is COC(=O)c1ccc(C(=O)OC)c(NC(=O)[C@H](C)Oc2ccc(Cl)cc2C)c1. The zero-order valence-electron chi connectivity index (χ0n) is 15.9. The van der Waals surface area contributed by atoms with Gasteiger partial charge in [-0.05, 0) is 55.8 Å². The van der Waals surface area contributed by atoms with Crippen LogP contribution in [0.3, 0.4) is 0 Å². The van der Waals surface area contributed by atoms with E-state index in [-0.39, 0.29) is 16.8 Å². The largest absolute Gasteiger partial charge is 0.481 e. The van der Waals surface area contributed by atoms with E-state index in [1.807, 2.05) is 0 Å². The number of hydrogen-bond donors (Lipinski definition) is 1. The second-order valence-corrected chi connectivity index (χ2v) is 6.34. The van der Waals surface area contributed by atoms with E-state index >= 15 is 0 Å². The summed E-state index contributed by atoms with van der Waals surface area (Å²) in [4.78, 5) is 36.3. The summed E-state index contributed by atoms with van der Waals surface area (Å²) in [6.07, 6.45) is -0.882. The molecule has 0 heterocycles. The highest BCUT2D eigenvalue weighted by Gasteiger charge is 2.21. The summed E-state index contributed by atoms with van der Waals surface area (Å²) in [5, 5.41) is 3.16. The molecule has 0 saturated heterocycles. The van der Waals surface area contributed by atoms with Gasteiger partial charge in [0.15, 0.2) is 6.10 Å². The van der Waals surface area contributed by atoms with Gasteiger partial charge in [-0.15, -0.1) is 0 Å². The number of esters is 2. The topological polar surface area (TPSA) is 90.9 Å². The van der Waals surface area contributed by atoms with Gasteiger partial charge in [-0.25, -0.2) is 9.59 Å². The summed E-state index contributed by atoms with van der Waals surface area (Å²) >= 11 is 5.92. The summed E-state index contributed by atoms with van der Waals surface area (Å²) in [6, 6.07) is 9.17. The zero-order valence-corrected chi connectivity index (χ0v) is 16.6. The number of amides is 1. The Morgan fingerprint density at radius 1 is 1.00 bits per heavy atom. The molecule has 0 aliphatic rings.